The van der Waals surface area contributed by atoms with E-state index in [0.717, 1.165) is 11.1 Å². The number of benzene rings is 2. The fraction of sp³-hybridized carbons (Fsp3) is 0.318. The highest BCUT2D eigenvalue weighted by Crippen LogP contribution is 2.09. The first-order valence-electron chi connectivity index (χ1n) is 9.96. The van der Waals surface area contributed by atoms with E-state index in [1.54, 1.807) is 23.1 Å². The van der Waals surface area contributed by atoms with Crippen molar-refractivity contribution in [2.45, 2.75) is 20.0 Å². The molecule has 2 amide bonds. The Morgan fingerprint density at radius 3 is 2.67 bits per heavy atom. The zero-order chi connectivity index (χ0) is 21.3. The average Bonchev–Trinajstić information content (AvgIpc) is 2.75. The maximum absolute atomic E-state index is 13.3. The molecule has 3 N–H and O–H groups in total. The number of aliphatic imine (C=N–C) groups is 1. The van der Waals surface area contributed by atoms with Crippen LogP contribution in [0.3, 0.4) is 0 Å². The number of hydrogen-bond acceptors (Lipinski definition) is 3. The van der Waals surface area contributed by atoms with Gasteiger partial charge in [-0.15, -0.1) is 0 Å². The summed E-state index contributed by atoms with van der Waals surface area (Å²) in [6.07, 6.45) is 0. The minimum Gasteiger partial charge on any atom is -0.357 e. The SMILES string of the molecule is CCNC(=NCc1cccc(F)c1)NCc1ccc(C(=O)N2CCNC(=O)C2)cc1. The Bertz CT molecular complexity index is 914. The first-order chi connectivity index (χ1) is 14.5. The summed E-state index contributed by atoms with van der Waals surface area (Å²) < 4.78 is 13.3. The van der Waals surface area contributed by atoms with Gasteiger partial charge >= 0.3 is 0 Å². The first-order valence-corrected chi connectivity index (χ1v) is 9.96. The standard InChI is InChI=1S/C22H26FN5O2/c1-2-24-22(27-14-17-4-3-5-19(23)12-17)26-13-16-6-8-18(9-7-16)21(30)28-11-10-25-20(29)15-28/h3-9,12H,2,10-11,13-15H2,1H3,(H,25,29)(H2,24,26,27). The van der Waals surface area contributed by atoms with Crippen molar-refractivity contribution < 1.29 is 14.0 Å². The third-order valence-electron chi connectivity index (χ3n) is 4.64. The number of halogens is 1. The maximum atomic E-state index is 13.3. The molecule has 158 valence electrons. The molecule has 0 radical (unpaired) electrons. The van der Waals surface area contributed by atoms with Crippen LogP contribution in [-0.4, -0.2) is 48.9 Å². The zero-order valence-corrected chi connectivity index (χ0v) is 17.0. The molecule has 1 aliphatic heterocycles. The quantitative estimate of drug-likeness (QED) is 0.499. The Morgan fingerprint density at radius 1 is 1.17 bits per heavy atom. The van der Waals surface area contributed by atoms with Gasteiger partial charge in [-0.2, -0.15) is 0 Å². The molecular formula is C22H26FN5O2. The molecule has 1 aliphatic rings. The van der Waals surface area contributed by atoms with Crippen LogP contribution < -0.4 is 16.0 Å². The van der Waals surface area contributed by atoms with Crippen molar-refractivity contribution in [1.82, 2.24) is 20.9 Å². The van der Waals surface area contributed by atoms with Crippen LogP contribution in [0.15, 0.2) is 53.5 Å². The molecule has 0 aliphatic carbocycles. The monoisotopic (exact) mass is 411 g/mol. The van der Waals surface area contributed by atoms with Crippen LogP contribution in [-0.2, 0) is 17.9 Å². The number of guanidine groups is 1. The van der Waals surface area contributed by atoms with E-state index in [4.69, 9.17) is 0 Å². The summed E-state index contributed by atoms with van der Waals surface area (Å²) in [5, 5.41) is 9.11. The Kier molecular flexibility index (Phi) is 7.37. The highest BCUT2D eigenvalue weighted by atomic mass is 19.1. The van der Waals surface area contributed by atoms with Gasteiger partial charge in [0.15, 0.2) is 5.96 Å². The highest BCUT2D eigenvalue weighted by molar-refractivity contribution is 5.97. The van der Waals surface area contributed by atoms with Crippen LogP contribution >= 0.6 is 0 Å². The third kappa shape index (κ3) is 6.04. The van der Waals surface area contributed by atoms with Gasteiger partial charge in [-0.25, -0.2) is 9.38 Å². The van der Waals surface area contributed by atoms with Crippen molar-refractivity contribution in [3.8, 4) is 0 Å². The van der Waals surface area contributed by atoms with Crippen LogP contribution in [0.4, 0.5) is 4.39 Å². The fourth-order valence-corrected chi connectivity index (χ4v) is 3.09. The minimum atomic E-state index is -0.277. The second kappa shape index (κ2) is 10.4. The van der Waals surface area contributed by atoms with Gasteiger partial charge in [0.2, 0.25) is 5.91 Å². The van der Waals surface area contributed by atoms with Crippen LogP contribution in [0.25, 0.3) is 0 Å². The van der Waals surface area contributed by atoms with E-state index in [2.05, 4.69) is 20.9 Å². The predicted octanol–water partition coefficient (Wildman–Crippen LogP) is 1.65. The van der Waals surface area contributed by atoms with Crippen molar-refractivity contribution in [1.29, 1.82) is 0 Å². The van der Waals surface area contributed by atoms with E-state index < -0.39 is 0 Å². The van der Waals surface area contributed by atoms with Crippen molar-refractivity contribution in [2.75, 3.05) is 26.2 Å². The fourth-order valence-electron chi connectivity index (χ4n) is 3.09. The summed E-state index contributed by atoms with van der Waals surface area (Å²) in [4.78, 5) is 30.0. The average molecular weight is 411 g/mol. The first kappa shape index (κ1) is 21.3. The Labute approximate surface area is 175 Å². The van der Waals surface area contributed by atoms with Gasteiger partial charge in [-0.3, -0.25) is 9.59 Å². The van der Waals surface area contributed by atoms with Gasteiger partial charge in [-0.05, 0) is 42.3 Å². The lowest BCUT2D eigenvalue weighted by molar-refractivity contribution is -0.123. The molecule has 7 nitrogen and oxygen atoms in total. The maximum Gasteiger partial charge on any atom is 0.254 e. The van der Waals surface area contributed by atoms with E-state index in [-0.39, 0.29) is 24.2 Å². The number of rotatable bonds is 6. The van der Waals surface area contributed by atoms with Crippen LogP contribution in [0.5, 0.6) is 0 Å². The molecular weight excluding hydrogens is 385 g/mol. The summed E-state index contributed by atoms with van der Waals surface area (Å²) in [5.74, 6) is 0.0694. The van der Waals surface area contributed by atoms with Gasteiger partial charge < -0.3 is 20.9 Å². The molecule has 2 aromatic carbocycles. The number of nitrogens with zero attached hydrogens (tertiary/aromatic N) is 2. The smallest absolute Gasteiger partial charge is 0.254 e. The molecule has 0 unspecified atom stereocenters. The molecule has 3 rings (SSSR count). The van der Waals surface area contributed by atoms with Gasteiger partial charge in [0.05, 0.1) is 13.1 Å². The number of amides is 2. The van der Waals surface area contributed by atoms with Crippen LogP contribution in [0, 0.1) is 5.82 Å². The highest BCUT2D eigenvalue weighted by Gasteiger charge is 2.22. The molecule has 8 heteroatoms. The lowest BCUT2D eigenvalue weighted by atomic mass is 10.1. The number of carbonyl (C=O) groups is 2. The Morgan fingerprint density at radius 2 is 1.97 bits per heavy atom. The Hall–Kier alpha value is -3.42. The lowest BCUT2D eigenvalue weighted by Crippen LogP contribution is -2.49. The zero-order valence-electron chi connectivity index (χ0n) is 17.0. The van der Waals surface area contributed by atoms with Crippen LogP contribution in [0.2, 0.25) is 0 Å². The number of piperazine rings is 1. The molecule has 1 saturated heterocycles. The number of nitrogens with one attached hydrogen (secondary N) is 3. The second-order valence-corrected chi connectivity index (χ2v) is 6.95. The third-order valence-corrected chi connectivity index (χ3v) is 4.64. The van der Waals surface area contributed by atoms with Crippen molar-refractivity contribution in [3.05, 3.63) is 71.0 Å². The predicted molar refractivity (Wildman–Crippen MR) is 113 cm³/mol. The van der Waals surface area contributed by atoms with Crippen molar-refractivity contribution in [3.63, 3.8) is 0 Å². The topological polar surface area (TPSA) is 85.8 Å². The van der Waals surface area contributed by atoms with Gasteiger partial charge in [0.1, 0.15) is 5.82 Å². The second-order valence-electron chi connectivity index (χ2n) is 6.95. The molecule has 2 aromatic rings. The number of hydrogen-bond donors (Lipinski definition) is 3. The summed E-state index contributed by atoms with van der Waals surface area (Å²) in [6, 6.07) is 13.7. The molecule has 30 heavy (non-hydrogen) atoms. The molecule has 1 fully saturated rings. The van der Waals surface area contributed by atoms with Crippen LogP contribution in [0.1, 0.15) is 28.4 Å². The van der Waals surface area contributed by atoms with Crippen molar-refractivity contribution >= 4 is 17.8 Å². The summed E-state index contributed by atoms with van der Waals surface area (Å²) in [6.45, 7) is 4.65. The van der Waals surface area contributed by atoms with E-state index in [1.807, 2.05) is 25.1 Å². The molecule has 0 bridgehead atoms. The van der Waals surface area contributed by atoms with E-state index in [1.165, 1.54) is 12.1 Å². The molecule has 0 spiro atoms. The molecule has 0 aromatic heterocycles. The lowest BCUT2D eigenvalue weighted by Gasteiger charge is -2.26. The minimum absolute atomic E-state index is 0.0932. The van der Waals surface area contributed by atoms with Gasteiger partial charge in [0, 0.05) is 31.7 Å². The summed E-state index contributed by atoms with van der Waals surface area (Å²) >= 11 is 0. The molecule has 0 saturated carbocycles. The molecule has 0 atom stereocenters. The molecule has 1 heterocycles. The normalized spacial score (nSPS) is 14.3. The number of carbonyl (C=O) groups excluding carboxylic acids is 2. The Balaban J connectivity index is 1.57. The van der Waals surface area contributed by atoms with E-state index >= 15 is 0 Å². The van der Waals surface area contributed by atoms with E-state index in [9.17, 15) is 14.0 Å². The largest absolute Gasteiger partial charge is 0.357 e. The van der Waals surface area contributed by atoms with Crippen molar-refractivity contribution in [2.24, 2.45) is 4.99 Å². The summed E-state index contributed by atoms with van der Waals surface area (Å²) in [7, 11) is 0. The van der Waals surface area contributed by atoms with Gasteiger partial charge in [-0.1, -0.05) is 24.3 Å². The van der Waals surface area contributed by atoms with E-state index in [0.29, 0.717) is 44.2 Å². The summed E-state index contributed by atoms with van der Waals surface area (Å²) in [5.41, 5.74) is 2.33. The van der Waals surface area contributed by atoms with Gasteiger partial charge in [0.25, 0.3) is 5.91 Å².